The van der Waals surface area contributed by atoms with Crippen LogP contribution in [0.15, 0.2) is 18.3 Å². The van der Waals surface area contributed by atoms with Crippen LogP contribution < -0.4 is 5.32 Å². The monoisotopic (exact) mass is 291 g/mol. The van der Waals surface area contributed by atoms with Gasteiger partial charge in [0.1, 0.15) is 0 Å². The molecular formula is C16H25N3O2. The topological polar surface area (TPSA) is 65.5 Å². The van der Waals surface area contributed by atoms with Crippen molar-refractivity contribution in [2.45, 2.75) is 32.8 Å². The van der Waals surface area contributed by atoms with E-state index in [2.05, 4.69) is 22.1 Å². The SMILES string of the molecule is Cc1ncccc1C(=O)NCC(O)CN1CCC(C)CC1. The van der Waals surface area contributed by atoms with Gasteiger partial charge in [0.15, 0.2) is 0 Å². The number of hydrogen-bond donors (Lipinski definition) is 2. The first-order chi connectivity index (χ1) is 10.1. The Kier molecular flexibility index (Phi) is 5.70. The van der Waals surface area contributed by atoms with Crippen molar-refractivity contribution in [3.63, 3.8) is 0 Å². The van der Waals surface area contributed by atoms with E-state index in [1.807, 2.05) is 0 Å². The van der Waals surface area contributed by atoms with Crippen molar-refractivity contribution in [2.24, 2.45) is 5.92 Å². The first kappa shape index (κ1) is 15.9. The van der Waals surface area contributed by atoms with E-state index in [9.17, 15) is 9.90 Å². The number of aliphatic hydroxyl groups excluding tert-OH is 1. The molecule has 2 rings (SSSR count). The zero-order valence-corrected chi connectivity index (χ0v) is 12.9. The van der Waals surface area contributed by atoms with E-state index in [1.54, 1.807) is 25.3 Å². The lowest BCUT2D eigenvalue weighted by molar-refractivity contribution is 0.0795. The number of likely N-dealkylation sites (tertiary alicyclic amines) is 1. The summed E-state index contributed by atoms with van der Waals surface area (Å²) in [7, 11) is 0. The minimum absolute atomic E-state index is 0.174. The average Bonchev–Trinajstić information content (AvgIpc) is 2.48. The van der Waals surface area contributed by atoms with E-state index in [0.29, 0.717) is 17.8 Å². The summed E-state index contributed by atoms with van der Waals surface area (Å²) in [6.07, 6.45) is 3.51. The van der Waals surface area contributed by atoms with Crippen LogP contribution in [-0.4, -0.2) is 53.2 Å². The Balaban J connectivity index is 1.75. The summed E-state index contributed by atoms with van der Waals surface area (Å²) < 4.78 is 0. The lowest BCUT2D eigenvalue weighted by Gasteiger charge is -2.31. The van der Waals surface area contributed by atoms with Crippen LogP contribution in [0.5, 0.6) is 0 Å². The maximum absolute atomic E-state index is 12.0. The number of nitrogens with one attached hydrogen (secondary N) is 1. The molecule has 116 valence electrons. The highest BCUT2D eigenvalue weighted by Gasteiger charge is 2.19. The third-order valence-corrected chi connectivity index (χ3v) is 4.10. The highest BCUT2D eigenvalue weighted by atomic mass is 16.3. The van der Waals surface area contributed by atoms with Gasteiger partial charge in [0.05, 0.1) is 11.7 Å². The lowest BCUT2D eigenvalue weighted by atomic mass is 9.99. The fourth-order valence-corrected chi connectivity index (χ4v) is 2.64. The smallest absolute Gasteiger partial charge is 0.253 e. The number of piperidine rings is 1. The van der Waals surface area contributed by atoms with Crippen LogP contribution in [0.25, 0.3) is 0 Å². The van der Waals surface area contributed by atoms with Gasteiger partial charge in [0.2, 0.25) is 0 Å². The van der Waals surface area contributed by atoms with Gasteiger partial charge in [-0.15, -0.1) is 0 Å². The fourth-order valence-electron chi connectivity index (χ4n) is 2.64. The van der Waals surface area contributed by atoms with Gasteiger partial charge >= 0.3 is 0 Å². The number of hydrogen-bond acceptors (Lipinski definition) is 4. The van der Waals surface area contributed by atoms with Gasteiger partial charge in [-0.05, 0) is 50.9 Å². The number of aryl methyl sites for hydroxylation is 1. The van der Waals surface area contributed by atoms with Crippen molar-refractivity contribution < 1.29 is 9.90 Å². The Hall–Kier alpha value is -1.46. The zero-order valence-electron chi connectivity index (χ0n) is 12.9. The Morgan fingerprint density at radius 2 is 2.24 bits per heavy atom. The number of aliphatic hydroxyl groups is 1. The first-order valence-electron chi connectivity index (χ1n) is 7.66. The van der Waals surface area contributed by atoms with Crippen molar-refractivity contribution in [3.8, 4) is 0 Å². The van der Waals surface area contributed by atoms with Crippen LogP contribution in [0.3, 0.4) is 0 Å². The second-order valence-corrected chi connectivity index (χ2v) is 5.98. The number of β-amino-alcohol motifs (C(OH)–C–C–N with tert-alkyl or cyclic N) is 1. The molecule has 1 aromatic rings. The van der Waals surface area contributed by atoms with E-state index in [-0.39, 0.29) is 12.5 Å². The van der Waals surface area contributed by atoms with Gasteiger partial charge < -0.3 is 15.3 Å². The summed E-state index contributed by atoms with van der Waals surface area (Å²) >= 11 is 0. The van der Waals surface area contributed by atoms with Crippen molar-refractivity contribution in [1.29, 1.82) is 0 Å². The third kappa shape index (κ3) is 4.79. The summed E-state index contributed by atoms with van der Waals surface area (Å²) in [5.74, 6) is 0.610. The summed E-state index contributed by atoms with van der Waals surface area (Å²) in [6.45, 7) is 7.05. The molecular weight excluding hydrogens is 266 g/mol. The number of nitrogens with zero attached hydrogens (tertiary/aromatic N) is 2. The van der Waals surface area contributed by atoms with E-state index in [4.69, 9.17) is 0 Å². The Bertz CT molecular complexity index is 470. The van der Waals surface area contributed by atoms with E-state index in [0.717, 1.165) is 19.0 Å². The van der Waals surface area contributed by atoms with Crippen LogP contribution in [-0.2, 0) is 0 Å². The molecule has 1 atom stereocenters. The van der Waals surface area contributed by atoms with Gasteiger partial charge in [0.25, 0.3) is 5.91 Å². The number of carbonyl (C=O) groups is 1. The van der Waals surface area contributed by atoms with E-state index < -0.39 is 6.10 Å². The molecule has 1 fully saturated rings. The van der Waals surface area contributed by atoms with Gasteiger partial charge in [-0.2, -0.15) is 0 Å². The van der Waals surface area contributed by atoms with Crippen LogP contribution >= 0.6 is 0 Å². The second-order valence-electron chi connectivity index (χ2n) is 5.98. The third-order valence-electron chi connectivity index (χ3n) is 4.10. The molecule has 1 unspecified atom stereocenters. The van der Waals surface area contributed by atoms with E-state index >= 15 is 0 Å². The molecule has 21 heavy (non-hydrogen) atoms. The maximum Gasteiger partial charge on any atom is 0.253 e. The zero-order chi connectivity index (χ0) is 15.2. The summed E-state index contributed by atoms with van der Waals surface area (Å²) in [6, 6.07) is 3.49. The number of pyridine rings is 1. The average molecular weight is 291 g/mol. The number of amides is 1. The molecule has 0 spiro atoms. The van der Waals surface area contributed by atoms with Crippen LogP contribution in [0.1, 0.15) is 35.8 Å². The fraction of sp³-hybridized carbons (Fsp3) is 0.625. The molecule has 5 heteroatoms. The molecule has 5 nitrogen and oxygen atoms in total. The molecule has 0 radical (unpaired) electrons. The standard InChI is InChI=1S/C16H25N3O2/c1-12-5-8-19(9-6-12)11-14(20)10-18-16(21)15-4-3-7-17-13(15)2/h3-4,7,12,14,20H,5-6,8-11H2,1-2H3,(H,18,21). The minimum atomic E-state index is -0.528. The molecule has 0 saturated carbocycles. The molecule has 0 bridgehead atoms. The quantitative estimate of drug-likeness (QED) is 0.856. The number of rotatable bonds is 5. The molecule has 0 aliphatic carbocycles. The van der Waals surface area contributed by atoms with Crippen molar-refractivity contribution in [2.75, 3.05) is 26.2 Å². The Morgan fingerprint density at radius 3 is 2.90 bits per heavy atom. The van der Waals surface area contributed by atoms with Gasteiger partial charge in [-0.25, -0.2) is 0 Å². The molecule has 1 aliphatic heterocycles. The molecule has 1 amide bonds. The van der Waals surface area contributed by atoms with Crippen molar-refractivity contribution >= 4 is 5.91 Å². The Morgan fingerprint density at radius 1 is 1.52 bits per heavy atom. The van der Waals surface area contributed by atoms with Crippen molar-refractivity contribution in [1.82, 2.24) is 15.2 Å². The highest BCUT2D eigenvalue weighted by molar-refractivity contribution is 5.95. The molecule has 1 aliphatic rings. The molecule has 0 aromatic carbocycles. The van der Waals surface area contributed by atoms with Crippen molar-refractivity contribution in [3.05, 3.63) is 29.6 Å². The van der Waals surface area contributed by atoms with E-state index in [1.165, 1.54) is 12.8 Å². The first-order valence-corrected chi connectivity index (χ1v) is 7.66. The molecule has 1 saturated heterocycles. The minimum Gasteiger partial charge on any atom is -0.390 e. The van der Waals surface area contributed by atoms with Crippen LogP contribution in [0.2, 0.25) is 0 Å². The highest BCUT2D eigenvalue weighted by Crippen LogP contribution is 2.15. The predicted octanol–water partition coefficient (Wildman–Crippen LogP) is 1.21. The summed E-state index contributed by atoms with van der Waals surface area (Å²) in [4.78, 5) is 18.4. The van der Waals surface area contributed by atoms with Gasteiger partial charge in [-0.3, -0.25) is 9.78 Å². The largest absolute Gasteiger partial charge is 0.390 e. The summed E-state index contributed by atoms with van der Waals surface area (Å²) in [5.41, 5.74) is 1.27. The normalized spacial score (nSPS) is 18.4. The summed E-state index contributed by atoms with van der Waals surface area (Å²) in [5, 5.41) is 12.8. The van der Waals surface area contributed by atoms with Crippen LogP contribution in [0.4, 0.5) is 0 Å². The van der Waals surface area contributed by atoms with Gasteiger partial charge in [0, 0.05) is 25.0 Å². The molecule has 2 heterocycles. The molecule has 1 aromatic heterocycles. The second kappa shape index (κ2) is 7.52. The van der Waals surface area contributed by atoms with Crippen LogP contribution in [0, 0.1) is 12.8 Å². The Labute approximate surface area is 126 Å². The predicted molar refractivity (Wildman–Crippen MR) is 82.2 cm³/mol. The lowest BCUT2D eigenvalue weighted by Crippen LogP contribution is -2.43. The maximum atomic E-state index is 12.0. The number of aromatic nitrogens is 1. The number of carbonyl (C=O) groups excluding carboxylic acids is 1. The van der Waals surface area contributed by atoms with Gasteiger partial charge in [-0.1, -0.05) is 6.92 Å². The molecule has 2 N–H and O–H groups in total.